The predicted molar refractivity (Wildman–Crippen MR) is 147 cm³/mol. The standard InChI is InChI=1S/C13H18ClNO4S.C13H28O2Si/c14-12-7-11(20(15,17)18)5-6-13(12)19-8-9-1-3-10(16)4-2-9;1-13(2,3)16(4,5)15-12-8-6-11(10-14)7-9-12/h5-7,9-10,16H,1-4,8H2,(H2,15,17,18);11-12,14H,6-10H2,1-5H3. The molecule has 0 saturated heterocycles. The number of aliphatic hydroxyl groups excluding tert-OH is 2. The van der Waals surface area contributed by atoms with Gasteiger partial charge in [-0.1, -0.05) is 32.4 Å². The van der Waals surface area contributed by atoms with Gasteiger partial charge in [0.1, 0.15) is 5.75 Å². The molecule has 0 radical (unpaired) electrons. The molecule has 2 saturated carbocycles. The van der Waals surface area contributed by atoms with Gasteiger partial charge in [-0.15, -0.1) is 0 Å². The fourth-order valence-corrected chi connectivity index (χ4v) is 6.58. The topological polar surface area (TPSA) is 119 Å². The maximum Gasteiger partial charge on any atom is 0.238 e. The van der Waals surface area contributed by atoms with Crippen LogP contribution in [0.15, 0.2) is 23.1 Å². The lowest BCUT2D eigenvalue weighted by Gasteiger charge is -2.41. The molecule has 0 aromatic heterocycles. The smallest absolute Gasteiger partial charge is 0.238 e. The van der Waals surface area contributed by atoms with Crippen molar-refractivity contribution in [1.82, 2.24) is 0 Å². The van der Waals surface area contributed by atoms with Crippen LogP contribution in [0.25, 0.3) is 0 Å². The minimum absolute atomic E-state index is 0.0318. The van der Waals surface area contributed by atoms with E-state index in [-0.39, 0.29) is 16.0 Å². The first-order valence-electron chi connectivity index (χ1n) is 13.0. The van der Waals surface area contributed by atoms with Crippen molar-refractivity contribution in [1.29, 1.82) is 0 Å². The van der Waals surface area contributed by atoms with Gasteiger partial charge in [-0.3, -0.25) is 0 Å². The van der Waals surface area contributed by atoms with Crippen molar-refractivity contribution in [3.63, 3.8) is 0 Å². The Balaban J connectivity index is 0.000000261. The van der Waals surface area contributed by atoms with Gasteiger partial charge < -0.3 is 19.4 Å². The van der Waals surface area contributed by atoms with Crippen LogP contribution in [-0.2, 0) is 14.4 Å². The highest BCUT2D eigenvalue weighted by Gasteiger charge is 2.39. The van der Waals surface area contributed by atoms with Gasteiger partial charge in [0.2, 0.25) is 10.0 Å². The third kappa shape index (κ3) is 9.89. The fraction of sp³-hybridized carbons (Fsp3) is 0.769. The molecule has 0 bridgehead atoms. The summed E-state index contributed by atoms with van der Waals surface area (Å²) in [6.07, 6.45) is 8.24. The van der Waals surface area contributed by atoms with E-state index in [1.807, 2.05) is 0 Å². The molecule has 2 aliphatic rings. The normalized spacial score (nSPS) is 25.6. The Morgan fingerprint density at radius 2 is 1.58 bits per heavy atom. The monoisotopic (exact) mass is 563 g/mol. The molecule has 208 valence electrons. The quantitative estimate of drug-likeness (QED) is 0.378. The molecule has 0 unspecified atom stereocenters. The molecular weight excluding hydrogens is 518 g/mol. The number of sulfonamides is 1. The predicted octanol–water partition coefficient (Wildman–Crippen LogP) is 5.48. The summed E-state index contributed by atoms with van der Waals surface area (Å²) < 4.78 is 34.4. The number of nitrogens with two attached hydrogens (primary N) is 1. The lowest BCUT2D eigenvalue weighted by Crippen LogP contribution is -2.44. The van der Waals surface area contributed by atoms with E-state index in [4.69, 9.17) is 31.0 Å². The van der Waals surface area contributed by atoms with Crippen molar-refractivity contribution in [3.05, 3.63) is 23.2 Å². The number of halogens is 1. The number of hydrogen-bond donors (Lipinski definition) is 3. The number of benzene rings is 1. The van der Waals surface area contributed by atoms with Crippen LogP contribution in [0.2, 0.25) is 23.2 Å². The van der Waals surface area contributed by atoms with E-state index < -0.39 is 18.3 Å². The van der Waals surface area contributed by atoms with Crippen molar-refractivity contribution in [2.24, 2.45) is 17.0 Å². The third-order valence-electron chi connectivity index (χ3n) is 7.84. The summed E-state index contributed by atoms with van der Waals surface area (Å²) in [7, 11) is -5.34. The summed E-state index contributed by atoms with van der Waals surface area (Å²) in [6.45, 7) is 12.4. The van der Waals surface area contributed by atoms with Gasteiger partial charge in [0.25, 0.3) is 0 Å². The van der Waals surface area contributed by atoms with Crippen LogP contribution in [0, 0.1) is 11.8 Å². The van der Waals surface area contributed by atoms with Crippen LogP contribution in [0.5, 0.6) is 5.75 Å². The highest BCUT2D eigenvalue weighted by Crippen LogP contribution is 2.39. The van der Waals surface area contributed by atoms with Crippen LogP contribution in [0.1, 0.15) is 72.1 Å². The van der Waals surface area contributed by atoms with Crippen LogP contribution in [0.3, 0.4) is 0 Å². The van der Waals surface area contributed by atoms with Gasteiger partial charge in [-0.05, 0) is 99.5 Å². The van der Waals surface area contributed by atoms with Gasteiger partial charge in [-0.2, -0.15) is 0 Å². The van der Waals surface area contributed by atoms with Crippen LogP contribution >= 0.6 is 11.6 Å². The average molecular weight is 564 g/mol. The van der Waals surface area contributed by atoms with Crippen LogP contribution in [-0.4, -0.2) is 52.4 Å². The molecule has 1 aromatic rings. The highest BCUT2D eigenvalue weighted by molar-refractivity contribution is 7.89. The van der Waals surface area contributed by atoms with Gasteiger partial charge in [-0.25, -0.2) is 13.6 Å². The Hall–Kier alpha value is -0.683. The number of rotatable bonds is 7. The van der Waals surface area contributed by atoms with E-state index in [2.05, 4.69) is 33.9 Å². The van der Waals surface area contributed by atoms with Gasteiger partial charge >= 0.3 is 0 Å². The zero-order chi connectivity index (χ0) is 27.1. The van der Waals surface area contributed by atoms with Gasteiger partial charge in [0, 0.05) is 12.7 Å². The molecule has 36 heavy (non-hydrogen) atoms. The van der Waals surface area contributed by atoms with Crippen molar-refractivity contribution in [3.8, 4) is 5.75 Å². The number of ether oxygens (including phenoxy) is 1. The molecule has 2 aliphatic carbocycles. The maximum absolute atomic E-state index is 11.2. The molecule has 3 rings (SSSR count). The minimum atomic E-state index is -3.75. The Kier molecular flexibility index (Phi) is 11.7. The molecule has 1 aromatic carbocycles. The summed E-state index contributed by atoms with van der Waals surface area (Å²) in [5.74, 6) is 1.37. The molecule has 0 atom stereocenters. The second-order valence-electron chi connectivity index (χ2n) is 11.8. The second kappa shape index (κ2) is 13.4. The molecule has 2 fully saturated rings. The van der Waals surface area contributed by atoms with Gasteiger partial charge in [0.05, 0.1) is 22.6 Å². The summed E-state index contributed by atoms with van der Waals surface area (Å²) in [5.41, 5.74) is 0. The average Bonchev–Trinajstić information content (AvgIpc) is 2.78. The molecule has 10 heteroatoms. The summed E-state index contributed by atoms with van der Waals surface area (Å²) in [5, 5.41) is 24.1. The Bertz CT molecular complexity index is 921. The highest BCUT2D eigenvalue weighted by atomic mass is 35.5. The van der Waals surface area contributed by atoms with E-state index >= 15 is 0 Å². The van der Waals surface area contributed by atoms with E-state index in [1.165, 1.54) is 18.2 Å². The van der Waals surface area contributed by atoms with Crippen molar-refractivity contribution >= 4 is 29.9 Å². The lowest BCUT2D eigenvalue weighted by atomic mass is 9.88. The third-order valence-corrected chi connectivity index (χ3v) is 13.6. The number of primary sulfonamides is 1. The summed E-state index contributed by atoms with van der Waals surface area (Å²) >= 11 is 5.99. The molecule has 0 amide bonds. The summed E-state index contributed by atoms with van der Waals surface area (Å²) in [4.78, 5) is -0.0318. The van der Waals surface area contributed by atoms with Crippen LogP contribution < -0.4 is 9.88 Å². The van der Waals surface area contributed by atoms with Crippen LogP contribution in [0.4, 0.5) is 0 Å². The SMILES string of the molecule is CC(C)(C)[Si](C)(C)OC1CCC(CO)CC1.NS(=O)(=O)c1ccc(OCC2CCC(O)CC2)c(Cl)c1. The first-order chi connectivity index (χ1) is 16.6. The lowest BCUT2D eigenvalue weighted by molar-refractivity contribution is 0.0917. The summed E-state index contributed by atoms with van der Waals surface area (Å²) in [6, 6.07) is 4.18. The van der Waals surface area contributed by atoms with E-state index in [9.17, 15) is 13.5 Å². The molecule has 0 heterocycles. The molecule has 0 aliphatic heterocycles. The molecular formula is C26H46ClNO6SSi. The molecule has 0 spiro atoms. The van der Waals surface area contributed by atoms with Gasteiger partial charge in [0.15, 0.2) is 8.32 Å². The second-order valence-corrected chi connectivity index (χ2v) is 18.6. The van der Waals surface area contributed by atoms with E-state index in [0.717, 1.165) is 51.4 Å². The van der Waals surface area contributed by atoms with Crippen molar-refractivity contribution in [2.75, 3.05) is 13.2 Å². The Morgan fingerprint density at radius 1 is 1.03 bits per heavy atom. The zero-order valence-corrected chi connectivity index (χ0v) is 25.1. The van der Waals surface area contributed by atoms with Crippen molar-refractivity contribution in [2.45, 2.75) is 107 Å². The Labute approximate surface area is 223 Å². The number of hydrogen-bond acceptors (Lipinski definition) is 6. The molecule has 4 N–H and O–H groups in total. The minimum Gasteiger partial charge on any atom is -0.492 e. The van der Waals surface area contributed by atoms with Crippen molar-refractivity contribution < 1.29 is 27.8 Å². The van der Waals surface area contributed by atoms with E-state index in [1.54, 1.807) is 0 Å². The Morgan fingerprint density at radius 3 is 2.06 bits per heavy atom. The first kappa shape index (κ1) is 31.5. The maximum atomic E-state index is 11.2. The van der Waals surface area contributed by atoms with E-state index in [0.29, 0.717) is 41.9 Å². The number of aliphatic hydroxyl groups is 2. The molecule has 7 nitrogen and oxygen atoms in total. The zero-order valence-electron chi connectivity index (χ0n) is 22.5. The fourth-order valence-electron chi connectivity index (χ4n) is 4.32. The first-order valence-corrected chi connectivity index (χ1v) is 17.9. The largest absolute Gasteiger partial charge is 0.492 e.